The summed E-state index contributed by atoms with van der Waals surface area (Å²) in [6.45, 7) is 2.70. The predicted octanol–water partition coefficient (Wildman–Crippen LogP) is 1.23. The van der Waals surface area contributed by atoms with E-state index in [1.165, 1.54) is 7.11 Å². The van der Waals surface area contributed by atoms with Gasteiger partial charge >= 0.3 is 5.97 Å². The van der Waals surface area contributed by atoms with E-state index in [0.29, 0.717) is 0 Å². The van der Waals surface area contributed by atoms with Crippen molar-refractivity contribution in [2.24, 2.45) is 0 Å². The van der Waals surface area contributed by atoms with Crippen LogP contribution in [0.25, 0.3) is 0 Å². The summed E-state index contributed by atoms with van der Waals surface area (Å²) in [4.78, 5) is 15.4. The first-order chi connectivity index (χ1) is 7.27. The number of hydrogen-bond donors (Lipinski definition) is 1. The molecule has 0 amide bonds. The molecule has 0 radical (unpaired) electrons. The Balaban J connectivity index is 2.26. The minimum absolute atomic E-state index is 0.198. The Hall–Kier alpha value is -0.940. The minimum Gasteiger partial charge on any atom is -0.468 e. The van der Waals surface area contributed by atoms with Crippen LogP contribution >= 0.6 is 11.3 Å². The number of nitrogens with one attached hydrogen (secondary N) is 1. The largest absolute Gasteiger partial charge is 0.468 e. The van der Waals surface area contributed by atoms with E-state index in [0.717, 1.165) is 25.1 Å². The molecule has 0 unspecified atom stereocenters. The summed E-state index contributed by atoms with van der Waals surface area (Å²) in [5, 5.41) is 5.16. The van der Waals surface area contributed by atoms with Gasteiger partial charge in [-0.15, -0.1) is 11.3 Å². The van der Waals surface area contributed by atoms with E-state index in [4.69, 9.17) is 0 Å². The molecule has 0 aromatic carbocycles. The molecule has 0 saturated carbocycles. The maximum absolute atomic E-state index is 11.2. The molecule has 0 aliphatic heterocycles. The van der Waals surface area contributed by atoms with Gasteiger partial charge in [0, 0.05) is 18.3 Å². The lowest BCUT2D eigenvalue weighted by molar-refractivity contribution is -0.143. The van der Waals surface area contributed by atoms with Crippen LogP contribution in [-0.2, 0) is 16.0 Å². The van der Waals surface area contributed by atoms with Gasteiger partial charge in [-0.05, 0) is 6.42 Å². The van der Waals surface area contributed by atoms with E-state index in [-0.39, 0.29) is 12.0 Å². The first-order valence-corrected chi connectivity index (χ1v) is 5.90. The summed E-state index contributed by atoms with van der Waals surface area (Å²) >= 11 is 1.58. The Morgan fingerprint density at radius 3 is 3.07 bits per heavy atom. The zero-order valence-corrected chi connectivity index (χ0v) is 9.84. The summed E-state index contributed by atoms with van der Waals surface area (Å²) in [5.41, 5.74) is 2.87. The molecule has 0 fully saturated rings. The van der Waals surface area contributed by atoms with E-state index in [9.17, 15) is 4.79 Å². The Morgan fingerprint density at radius 2 is 2.53 bits per heavy atom. The van der Waals surface area contributed by atoms with Gasteiger partial charge in [-0.3, -0.25) is 4.79 Å². The number of esters is 1. The topological polar surface area (TPSA) is 51.2 Å². The van der Waals surface area contributed by atoms with Crippen LogP contribution in [0.2, 0.25) is 0 Å². The van der Waals surface area contributed by atoms with Gasteiger partial charge in [0.25, 0.3) is 0 Å². The third kappa shape index (κ3) is 3.97. The highest BCUT2D eigenvalue weighted by atomic mass is 32.1. The van der Waals surface area contributed by atoms with Crippen LogP contribution in [-0.4, -0.2) is 30.6 Å². The number of ether oxygens (including phenoxy) is 1. The minimum atomic E-state index is -0.200. The van der Waals surface area contributed by atoms with Crippen molar-refractivity contribution in [3.05, 3.63) is 16.6 Å². The van der Waals surface area contributed by atoms with E-state index in [2.05, 4.69) is 15.0 Å². The van der Waals surface area contributed by atoms with Crippen molar-refractivity contribution in [1.82, 2.24) is 10.3 Å². The maximum atomic E-state index is 11.2. The maximum Gasteiger partial charge on any atom is 0.322 e. The zero-order chi connectivity index (χ0) is 11.1. The number of rotatable bonds is 6. The van der Waals surface area contributed by atoms with E-state index in [1.807, 2.05) is 17.8 Å². The van der Waals surface area contributed by atoms with Crippen molar-refractivity contribution >= 4 is 17.3 Å². The van der Waals surface area contributed by atoms with Crippen molar-refractivity contribution in [2.75, 3.05) is 13.7 Å². The molecule has 1 N–H and O–H groups in total. The third-order valence-corrected chi connectivity index (χ3v) is 2.78. The highest BCUT2D eigenvalue weighted by molar-refractivity contribution is 7.07. The molecule has 1 heterocycles. The summed E-state index contributed by atoms with van der Waals surface area (Å²) in [6.07, 6.45) is 1.58. The molecule has 15 heavy (non-hydrogen) atoms. The van der Waals surface area contributed by atoms with Gasteiger partial charge in [0.2, 0.25) is 0 Å². The lowest BCUT2D eigenvalue weighted by atomic mass is 10.2. The number of aromatic nitrogens is 1. The van der Waals surface area contributed by atoms with E-state index >= 15 is 0 Å². The number of hydrogen-bond acceptors (Lipinski definition) is 5. The number of methoxy groups -OCH3 is 1. The molecule has 1 atom stereocenters. The van der Waals surface area contributed by atoms with Crippen molar-refractivity contribution in [3.8, 4) is 0 Å². The monoisotopic (exact) mass is 228 g/mol. The van der Waals surface area contributed by atoms with Crippen LogP contribution in [0.5, 0.6) is 0 Å². The quantitative estimate of drug-likeness (QED) is 0.744. The fourth-order valence-corrected chi connectivity index (χ4v) is 1.86. The smallest absolute Gasteiger partial charge is 0.322 e. The van der Waals surface area contributed by atoms with E-state index < -0.39 is 0 Å². The molecule has 0 saturated heterocycles. The fraction of sp³-hybridized carbons (Fsp3) is 0.600. The first-order valence-electron chi connectivity index (χ1n) is 4.96. The second-order valence-electron chi connectivity index (χ2n) is 3.17. The molecule has 0 aliphatic carbocycles. The molecule has 0 aliphatic rings. The van der Waals surface area contributed by atoms with Crippen molar-refractivity contribution in [2.45, 2.75) is 25.8 Å². The van der Waals surface area contributed by atoms with Crippen LogP contribution in [0.15, 0.2) is 10.9 Å². The Morgan fingerprint density at radius 1 is 1.73 bits per heavy atom. The van der Waals surface area contributed by atoms with Crippen molar-refractivity contribution < 1.29 is 9.53 Å². The van der Waals surface area contributed by atoms with Crippen LogP contribution in [0.4, 0.5) is 0 Å². The third-order valence-electron chi connectivity index (χ3n) is 2.15. The van der Waals surface area contributed by atoms with Crippen molar-refractivity contribution in [1.29, 1.82) is 0 Å². The predicted molar refractivity (Wildman–Crippen MR) is 59.9 cm³/mol. The molecule has 1 aromatic rings. The van der Waals surface area contributed by atoms with Crippen LogP contribution in [0, 0.1) is 0 Å². The molecule has 0 bridgehead atoms. The molecule has 0 spiro atoms. The van der Waals surface area contributed by atoms with Gasteiger partial charge in [0.1, 0.15) is 6.04 Å². The lowest BCUT2D eigenvalue weighted by Gasteiger charge is -2.13. The van der Waals surface area contributed by atoms with E-state index in [1.54, 1.807) is 11.3 Å². The van der Waals surface area contributed by atoms with Crippen LogP contribution < -0.4 is 5.32 Å². The second kappa shape index (κ2) is 6.53. The molecule has 4 nitrogen and oxygen atoms in total. The molecule has 84 valence electrons. The van der Waals surface area contributed by atoms with Crippen LogP contribution in [0.3, 0.4) is 0 Å². The normalized spacial score (nSPS) is 12.4. The van der Waals surface area contributed by atoms with Crippen LogP contribution in [0.1, 0.15) is 19.0 Å². The molecule has 1 rings (SSSR count). The average Bonchev–Trinajstić information content (AvgIpc) is 2.76. The fourth-order valence-electron chi connectivity index (χ4n) is 1.27. The van der Waals surface area contributed by atoms with Gasteiger partial charge in [0.05, 0.1) is 18.3 Å². The number of carbonyl (C=O) groups excluding carboxylic acids is 1. The summed E-state index contributed by atoms with van der Waals surface area (Å²) < 4.78 is 4.68. The van der Waals surface area contributed by atoms with Crippen molar-refractivity contribution in [3.63, 3.8) is 0 Å². The van der Waals surface area contributed by atoms with Gasteiger partial charge in [-0.1, -0.05) is 6.92 Å². The molecule has 1 aromatic heterocycles. The zero-order valence-electron chi connectivity index (χ0n) is 9.03. The van der Waals surface area contributed by atoms with Gasteiger partial charge in [-0.25, -0.2) is 4.98 Å². The Bertz CT molecular complexity index is 288. The Kier molecular flexibility index (Phi) is 5.28. The number of nitrogens with zero attached hydrogens (tertiary/aromatic N) is 1. The number of carbonyl (C=O) groups is 1. The van der Waals surface area contributed by atoms with Gasteiger partial charge < -0.3 is 10.1 Å². The highest BCUT2D eigenvalue weighted by Gasteiger charge is 2.15. The lowest BCUT2D eigenvalue weighted by Crippen LogP contribution is -2.38. The molecule has 5 heteroatoms. The van der Waals surface area contributed by atoms with Gasteiger partial charge in [0.15, 0.2) is 0 Å². The average molecular weight is 228 g/mol. The van der Waals surface area contributed by atoms with Gasteiger partial charge in [-0.2, -0.15) is 0 Å². The Labute approximate surface area is 93.7 Å². The molecular weight excluding hydrogens is 212 g/mol. The SMILES string of the molecule is CC[C@H](NCCc1cscn1)C(=O)OC. The molecular formula is C10H16N2O2S. The summed E-state index contributed by atoms with van der Waals surface area (Å²) in [7, 11) is 1.41. The first kappa shape index (κ1) is 12.1. The number of thiazole rings is 1. The second-order valence-corrected chi connectivity index (χ2v) is 3.89. The standard InChI is InChI=1S/C10H16N2O2S/c1-3-9(10(13)14-2)11-5-4-8-6-15-7-12-8/h6-7,9,11H,3-5H2,1-2H3/t9-/m0/s1. The highest BCUT2D eigenvalue weighted by Crippen LogP contribution is 2.01. The summed E-state index contributed by atoms with van der Waals surface area (Å²) in [6, 6.07) is -0.200. The summed E-state index contributed by atoms with van der Waals surface area (Å²) in [5.74, 6) is -0.198.